The molecule has 9 heteroatoms. The van der Waals surface area contributed by atoms with Gasteiger partial charge in [0.2, 0.25) is 0 Å². The monoisotopic (exact) mass is 424 g/mol. The number of aromatic amines is 1. The van der Waals surface area contributed by atoms with Crippen molar-refractivity contribution in [1.29, 1.82) is 0 Å². The van der Waals surface area contributed by atoms with Crippen LogP contribution >= 0.6 is 0 Å². The number of hydrogen-bond acceptors (Lipinski definition) is 3. The summed E-state index contributed by atoms with van der Waals surface area (Å²) in [4.78, 5) is 12.5. The van der Waals surface area contributed by atoms with E-state index in [0.717, 1.165) is 28.7 Å². The Morgan fingerprint density at radius 3 is 2.68 bits per heavy atom. The fourth-order valence-corrected chi connectivity index (χ4v) is 3.17. The number of carbonyl (C=O) groups is 1. The normalized spacial score (nSPS) is 11.6. The van der Waals surface area contributed by atoms with Crippen LogP contribution < -0.4 is 10.6 Å². The Kier molecular flexibility index (Phi) is 5.18. The maximum Gasteiger partial charge on any atom is 0.319 e. The van der Waals surface area contributed by atoms with E-state index < -0.39 is 17.7 Å². The van der Waals surface area contributed by atoms with Crippen molar-refractivity contribution < 1.29 is 13.6 Å². The van der Waals surface area contributed by atoms with E-state index in [4.69, 9.17) is 0 Å². The van der Waals surface area contributed by atoms with Crippen molar-refractivity contribution in [1.82, 2.24) is 25.3 Å². The van der Waals surface area contributed by atoms with E-state index >= 15 is 0 Å². The molecule has 0 aliphatic carbocycles. The quantitative estimate of drug-likeness (QED) is 0.446. The molecule has 3 N–H and O–H groups in total. The molecular weight excluding hydrogens is 402 g/mol. The number of nitrogens with one attached hydrogen (secondary N) is 3. The predicted octanol–water partition coefficient (Wildman–Crippen LogP) is 4.65. The van der Waals surface area contributed by atoms with E-state index in [1.807, 2.05) is 39.0 Å². The molecule has 0 bridgehead atoms. The van der Waals surface area contributed by atoms with Crippen LogP contribution in [0.5, 0.6) is 0 Å². The second kappa shape index (κ2) is 7.82. The number of hydrogen-bond donors (Lipinski definition) is 3. The molecule has 0 aliphatic rings. The van der Waals surface area contributed by atoms with Gasteiger partial charge in [0.25, 0.3) is 0 Å². The molecule has 2 heterocycles. The Bertz CT molecular complexity index is 1250. The van der Waals surface area contributed by atoms with Gasteiger partial charge in [-0.3, -0.25) is 5.10 Å². The fourth-order valence-electron chi connectivity index (χ4n) is 3.17. The van der Waals surface area contributed by atoms with Crippen LogP contribution in [0.25, 0.3) is 16.6 Å². The number of anilines is 1. The van der Waals surface area contributed by atoms with Gasteiger partial charge in [0.05, 0.1) is 41.0 Å². The highest BCUT2D eigenvalue weighted by molar-refractivity contribution is 6.00. The summed E-state index contributed by atoms with van der Waals surface area (Å²) in [6.07, 6.45) is 1.64. The van der Waals surface area contributed by atoms with E-state index in [1.54, 1.807) is 12.3 Å². The number of benzene rings is 2. The summed E-state index contributed by atoms with van der Waals surface area (Å²) >= 11 is 0. The van der Waals surface area contributed by atoms with Gasteiger partial charge in [0.15, 0.2) is 11.6 Å². The molecule has 2 aromatic carbocycles. The topological polar surface area (TPSA) is 87.6 Å². The van der Waals surface area contributed by atoms with Gasteiger partial charge < -0.3 is 10.6 Å². The lowest BCUT2D eigenvalue weighted by molar-refractivity contribution is 0.251. The molecule has 0 aliphatic heterocycles. The first-order valence-corrected chi connectivity index (χ1v) is 9.74. The first-order chi connectivity index (χ1) is 14.7. The van der Waals surface area contributed by atoms with E-state index in [1.165, 1.54) is 10.7 Å². The zero-order chi connectivity index (χ0) is 22.2. The van der Waals surface area contributed by atoms with Gasteiger partial charge in [-0.15, -0.1) is 0 Å². The van der Waals surface area contributed by atoms with E-state index in [2.05, 4.69) is 25.9 Å². The number of urea groups is 1. The van der Waals surface area contributed by atoms with Crippen LogP contribution in [0.4, 0.5) is 19.3 Å². The van der Waals surface area contributed by atoms with Crippen LogP contribution in [0.1, 0.15) is 32.2 Å². The Morgan fingerprint density at radius 2 is 1.94 bits per heavy atom. The molecule has 160 valence electrons. The third-order valence-corrected chi connectivity index (χ3v) is 4.86. The molecule has 0 atom stereocenters. The highest BCUT2D eigenvalue weighted by Gasteiger charge is 2.21. The van der Waals surface area contributed by atoms with Crippen LogP contribution in [0.2, 0.25) is 0 Å². The molecule has 0 spiro atoms. The smallest absolute Gasteiger partial charge is 0.319 e. The molecule has 2 amide bonds. The molecule has 0 saturated heterocycles. The van der Waals surface area contributed by atoms with Crippen LogP contribution in [0.15, 0.2) is 48.7 Å². The van der Waals surface area contributed by atoms with Gasteiger partial charge in [-0.25, -0.2) is 18.3 Å². The molecular formula is C22H22F2N6O. The van der Waals surface area contributed by atoms with E-state index in [9.17, 15) is 13.6 Å². The summed E-state index contributed by atoms with van der Waals surface area (Å²) in [6.45, 7) is 6.14. The van der Waals surface area contributed by atoms with Crippen molar-refractivity contribution >= 4 is 22.6 Å². The number of H-pyrrole nitrogens is 1. The number of rotatable bonds is 4. The Labute approximate surface area is 177 Å². The lowest BCUT2D eigenvalue weighted by atomic mass is 9.92. The number of aromatic nitrogens is 4. The summed E-state index contributed by atoms with van der Waals surface area (Å²) in [5.74, 6) is -1.89. The third kappa shape index (κ3) is 4.25. The Morgan fingerprint density at radius 1 is 1.13 bits per heavy atom. The number of nitrogens with zero attached hydrogens (tertiary/aromatic N) is 3. The third-order valence-electron chi connectivity index (χ3n) is 4.86. The SMILES string of the molecule is CC(C)(C)c1cc(CNC(=O)Nc2cccc3[nH]ncc23)n(-c2ccc(F)c(F)c2)n1. The van der Waals surface area contributed by atoms with E-state index in [0.29, 0.717) is 17.1 Å². The maximum atomic E-state index is 13.8. The minimum Gasteiger partial charge on any atom is -0.332 e. The first-order valence-electron chi connectivity index (χ1n) is 9.74. The summed E-state index contributed by atoms with van der Waals surface area (Å²) < 4.78 is 28.7. The average Bonchev–Trinajstić information content (AvgIpc) is 3.36. The Hall–Kier alpha value is -3.75. The summed E-state index contributed by atoms with van der Waals surface area (Å²) in [5.41, 5.74) is 2.93. The van der Waals surface area contributed by atoms with Crippen molar-refractivity contribution in [2.75, 3.05) is 5.32 Å². The summed E-state index contributed by atoms with van der Waals surface area (Å²) in [6, 6.07) is 10.5. The molecule has 0 saturated carbocycles. The van der Waals surface area contributed by atoms with Gasteiger partial charge in [0.1, 0.15) is 0 Å². The number of carbonyl (C=O) groups excluding carboxylic acids is 1. The van der Waals surface area contributed by atoms with Crippen LogP contribution in [-0.2, 0) is 12.0 Å². The van der Waals surface area contributed by atoms with Crippen molar-refractivity contribution in [2.45, 2.75) is 32.7 Å². The lowest BCUT2D eigenvalue weighted by Crippen LogP contribution is -2.29. The standard InChI is InChI=1S/C22H22F2N6O/c1-22(2,3)20-10-14(30(29-20)13-7-8-16(23)17(24)9-13)11-25-21(31)27-18-5-4-6-19-15(18)12-26-28-19/h4-10,12H,11H2,1-3H3,(H,26,28)(H2,25,27,31). The molecule has 2 aromatic heterocycles. The van der Waals surface area contributed by atoms with Gasteiger partial charge in [-0.1, -0.05) is 26.8 Å². The molecule has 4 rings (SSSR count). The van der Waals surface area contributed by atoms with Crippen molar-refractivity contribution in [2.24, 2.45) is 0 Å². The number of amides is 2. The molecule has 31 heavy (non-hydrogen) atoms. The molecule has 0 radical (unpaired) electrons. The van der Waals surface area contributed by atoms with Gasteiger partial charge >= 0.3 is 6.03 Å². The number of fused-ring (bicyclic) bond motifs is 1. The highest BCUT2D eigenvalue weighted by Crippen LogP contribution is 2.25. The summed E-state index contributed by atoms with van der Waals surface area (Å²) in [5, 5.41) is 17.8. The minimum atomic E-state index is -0.963. The second-order valence-electron chi connectivity index (χ2n) is 8.23. The molecule has 7 nitrogen and oxygen atoms in total. The highest BCUT2D eigenvalue weighted by atomic mass is 19.2. The van der Waals surface area contributed by atoms with Gasteiger partial charge in [-0.05, 0) is 30.3 Å². The predicted molar refractivity (Wildman–Crippen MR) is 114 cm³/mol. The molecule has 0 unspecified atom stereocenters. The van der Waals surface area contributed by atoms with Gasteiger partial charge in [-0.2, -0.15) is 10.2 Å². The van der Waals surface area contributed by atoms with Crippen LogP contribution in [0, 0.1) is 11.6 Å². The zero-order valence-electron chi connectivity index (χ0n) is 17.3. The number of halogens is 2. The van der Waals surface area contributed by atoms with Crippen molar-refractivity contribution in [3.8, 4) is 5.69 Å². The Balaban J connectivity index is 1.57. The largest absolute Gasteiger partial charge is 0.332 e. The lowest BCUT2D eigenvalue weighted by Gasteiger charge is -2.14. The summed E-state index contributed by atoms with van der Waals surface area (Å²) in [7, 11) is 0. The van der Waals surface area contributed by atoms with Crippen molar-refractivity contribution in [3.63, 3.8) is 0 Å². The zero-order valence-corrected chi connectivity index (χ0v) is 17.3. The van der Waals surface area contributed by atoms with Crippen molar-refractivity contribution in [3.05, 3.63) is 71.7 Å². The average molecular weight is 424 g/mol. The first kappa shape index (κ1) is 20.5. The van der Waals surface area contributed by atoms with Gasteiger partial charge in [0, 0.05) is 16.9 Å². The maximum absolute atomic E-state index is 13.8. The molecule has 4 aromatic rings. The fraction of sp³-hybridized carbons (Fsp3) is 0.227. The minimum absolute atomic E-state index is 0.134. The van der Waals surface area contributed by atoms with E-state index in [-0.39, 0.29) is 12.0 Å². The second-order valence-corrected chi connectivity index (χ2v) is 8.23. The van der Waals surface area contributed by atoms with Crippen LogP contribution in [0.3, 0.4) is 0 Å². The van der Waals surface area contributed by atoms with Crippen LogP contribution in [-0.4, -0.2) is 26.0 Å². The molecule has 0 fully saturated rings.